The molecule has 0 amide bonds. The van der Waals surface area contributed by atoms with Gasteiger partial charge in [0, 0.05) is 6.54 Å². The van der Waals surface area contributed by atoms with Crippen LogP contribution >= 0.6 is 0 Å². The van der Waals surface area contributed by atoms with Gasteiger partial charge in [-0.25, -0.2) is 4.79 Å². The number of rotatable bonds is 2. The van der Waals surface area contributed by atoms with Crippen LogP contribution in [0.5, 0.6) is 5.75 Å². The van der Waals surface area contributed by atoms with Crippen LogP contribution in [0.25, 0.3) is 0 Å². The Morgan fingerprint density at radius 2 is 2.15 bits per heavy atom. The van der Waals surface area contributed by atoms with E-state index in [9.17, 15) is 9.90 Å². The number of nitrogens with two attached hydrogens (primary N) is 1. The highest BCUT2D eigenvalue weighted by atomic mass is 16.4. The molecule has 0 fully saturated rings. The average molecular weight is 181 g/mol. The van der Waals surface area contributed by atoms with Gasteiger partial charge in [0.25, 0.3) is 0 Å². The molecule has 0 spiro atoms. The maximum atomic E-state index is 10.6. The van der Waals surface area contributed by atoms with Crippen molar-refractivity contribution < 1.29 is 15.0 Å². The van der Waals surface area contributed by atoms with Gasteiger partial charge in [-0.3, -0.25) is 0 Å². The van der Waals surface area contributed by atoms with E-state index in [1.807, 2.05) is 0 Å². The highest BCUT2D eigenvalue weighted by molar-refractivity contribution is 5.91. The second-order valence-corrected chi connectivity index (χ2v) is 2.76. The largest absolute Gasteiger partial charge is 0.507 e. The third kappa shape index (κ3) is 1.62. The number of benzene rings is 1. The van der Waals surface area contributed by atoms with E-state index in [0.717, 1.165) is 5.56 Å². The highest BCUT2D eigenvalue weighted by Gasteiger charge is 2.12. The highest BCUT2D eigenvalue weighted by Crippen LogP contribution is 2.24. The molecule has 0 aliphatic heterocycles. The second-order valence-electron chi connectivity index (χ2n) is 2.76. The summed E-state index contributed by atoms with van der Waals surface area (Å²) >= 11 is 0. The van der Waals surface area contributed by atoms with Crippen molar-refractivity contribution in [3.63, 3.8) is 0 Å². The van der Waals surface area contributed by atoms with E-state index in [2.05, 4.69) is 0 Å². The van der Waals surface area contributed by atoms with Crippen LogP contribution in [0, 0.1) is 6.92 Å². The van der Waals surface area contributed by atoms with Crippen molar-refractivity contribution in [2.24, 2.45) is 5.73 Å². The van der Waals surface area contributed by atoms with Crippen LogP contribution < -0.4 is 5.73 Å². The molecule has 70 valence electrons. The fourth-order valence-electron chi connectivity index (χ4n) is 1.14. The molecule has 0 aliphatic rings. The van der Waals surface area contributed by atoms with Crippen LogP contribution in [0.2, 0.25) is 0 Å². The minimum atomic E-state index is -1.14. The minimum absolute atomic E-state index is 0.0882. The summed E-state index contributed by atoms with van der Waals surface area (Å²) in [5, 5.41) is 18.1. The number of aromatic hydroxyl groups is 1. The molecule has 0 heterocycles. The smallest absolute Gasteiger partial charge is 0.339 e. The molecule has 0 radical (unpaired) electrons. The molecule has 0 saturated heterocycles. The number of hydrogen-bond acceptors (Lipinski definition) is 3. The topological polar surface area (TPSA) is 83.6 Å². The summed E-state index contributed by atoms with van der Waals surface area (Å²) in [5.41, 5.74) is 6.58. The Morgan fingerprint density at radius 3 is 2.62 bits per heavy atom. The molecule has 0 saturated carbocycles. The predicted octanol–water partition coefficient (Wildman–Crippen LogP) is 0.858. The van der Waals surface area contributed by atoms with Crippen molar-refractivity contribution in [3.05, 3.63) is 28.8 Å². The lowest BCUT2D eigenvalue weighted by Crippen LogP contribution is -2.03. The predicted molar refractivity (Wildman–Crippen MR) is 47.7 cm³/mol. The molecule has 0 aromatic heterocycles. The van der Waals surface area contributed by atoms with Gasteiger partial charge in [0.2, 0.25) is 0 Å². The summed E-state index contributed by atoms with van der Waals surface area (Å²) in [6, 6.07) is 2.96. The number of phenols is 1. The van der Waals surface area contributed by atoms with Gasteiger partial charge in [0.05, 0.1) is 0 Å². The first-order valence-electron chi connectivity index (χ1n) is 3.82. The Bertz CT molecular complexity index is 347. The van der Waals surface area contributed by atoms with Crippen molar-refractivity contribution in [2.75, 3.05) is 0 Å². The summed E-state index contributed by atoms with van der Waals surface area (Å²) < 4.78 is 0. The van der Waals surface area contributed by atoms with Crippen LogP contribution in [0.4, 0.5) is 0 Å². The zero-order valence-electron chi connectivity index (χ0n) is 7.24. The number of aromatic carboxylic acids is 1. The Kier molecular flexibility index (Phi) is 2.53. The van der Waals surface area contributed by atoms with E-state index in [0.29, 0.717) is 12.1 Å². The van der Waals surface area contributed by atoms with Crippen molar-refractivity contribution in [1.29, 1.82) is 0 Å². The summed E-state index contributed by atoms with van der Waals surface area (Å²) in [4.78, 5) is 10.6. The summed E-state index contributed by atoms with van der Waals surface area (Å²) in [6.07, 6.45) is 0. The number of carboxylic acid groups (broad SMARTS) is 1. The standard InChI is InChI=1S/C9H11NO3/c1-5-6(4-10)2-3-7(8(5)11)9(12)13/h2-3,11H,4,10H2,1H3,(H,12,13). The van der Waals surface area contributed by atoms with Gasteiger partial charge >= 0.3 is 5.97 Å². The first kappa shape index (κ1) is 9.54. The zero-order valence-corrected chi connectivity index (χ0v) is 7.24. The Balaban J connectivity index is 3.31. The lowest BCUT2D eigenvalue weighted by Gasteiger charge is -2.07. The maximum absolute atomic E-state index is 10.6. The van der Waals surface area contributed by atoms with Gasteiger partial charge < -0.3 is 15.9 Å². The van der Waals surface area contributed by atoms with Gasteiger partial charge in [-0.2, -0.15) is 0 Å². The molecule has 0 atom stereocenters. The number of carboxylic acids is 1. The van der Waals surface area contributed by atoms with Crippen molar-refractivity contribution in [1.82, 2.24) is 0 Å². The molecule has 13 heavy (non-hydrogen) atoms. The quantitative estimate of drug-likeness (QED) is 0.631. The third-order valence-corrected chi connectivity index (χ3v) is 1.99. The molecular weight excluding hydrogens is 170 g/mol. The zero-order chi connectivity index (χ0) is 10.0. The average Bonchev–Trinajstić information content (AvgIpc) is 2.09. The van der Waals surface area contributed by atoms with Crippen LogP contribution in [0.1, 0.15) is 21.5 Å². The molecule has 4 N–H and O–H groups in total. The SMILES string of the molecule is Cc1c(CN)ccc(C(=O)O)c1O. The number of hydrogen-bond donors (Lipinski definition) is 3. The van der Waals surface area contributed by atoms with Crippen molar-refractivity contribution in [2.45, 2.75) is 13.5 Å². The molecule has 0 unspecified atom stereocenters. The summed E-state index contributed by atoms with van der Waals surface area (Å²) in [5.74, 6) is -1.33. The first-order valence-corrected chi connectivity index (χ1v) is 3.82. The van der Waals surface area contributed by atoms with E-state index < -0.39 is 5.97 Å². The molecule has 1 aromatic carbocycles. The fourth-order valence-corrected chi connectivity index (χ4v) is 1.14. The Labute approximate surface area is 75.6 Å². The van der Waals surface area contributed by atoms with E-state index in [1.165, 1.54) is 6.07 Å². The van der Waals surface area contributed by atoms with Crippen LogP contribution in [0.15, 0.2) is 12.1 Å². The minimum Gasteiger partial charge on any atom is -0.507 e. The summed E-state index contributed by atoms with van der Waals surface area (Å²) in [6.45, 7) is 1.93. The second kappa shape index (κ2) is 3.45. The lowest BCUT2D eigenvalue weighted by atomic mass is 10.0. The molecule has 4 nitrogen and oxygen atoms in total. The maximum Gasteiger partial charge on any atom is 0.339 e. The monoisotopic (exact) mass is 181 g/mol. The number of carbonyl (C=O) groups is 1. The van der Waals surface area contributed by atoms with Crippen molar-refractivity contribution >= 4 is 5.97 Å². The molecule has 0 bridgehead atoms. The fraction of sp³-hybridized carbons (Fsp3) is 0.222. The third-order valence-electron chi connectivity index (χ3n) is 1.99. The Hall–Kier alpha value is -1.55. The van der Waals surface area contributed by atoms with Crippen molar-refractivity contribution in [3.8, 4) is 5.75 Å². The van der Waals surface area contributed by atoms with Crippen LogP contribution in [-0.2, 0) is 6.54 Å². The summed E-state index contributed by atoms with van der Waals surface area (Å²) in [7, 11) is 0. The van der Waals surface area contributed by atoms with Gasteiger partial charge in [-0.05, 0) is 24.1 Å². The Morgan fingerprint density at radius 1 is 1.54 bits per heavy atom. The molecule has 1 aromatic rings. The molecule has 0 aliphatic carbocycles. The molecular formula is C9H11NO3. The van der Waals surface area contributed by atoms with E-state index in [4.69, 9.17) is 10.8 Å². The lowest BCUT2D eigenvalue weighted by molar-refractivity contribution is 0.0693. The van der Waals surface area contributed by atoms with E-state index in [1.54, 1.807) is 13.0 Å². The van der Waals surface area contributed by atoms with Crippen LogP contribution in [0.3, 0.4) is 0 Å². The van der Waals surface area contributed by atoms with Gasteiger partial charge in [-0.15, -0.1) is 0 Å². The van der Waals surface area contributed by atoms with Gasteiger partial charge in [0.15, 0.2) is 0 Å². The van der Waals surface area contributed by atoms with E-state index >= 15 is 0 Å². The molecule has 4 heteroatoms. The van der Waals surface area contributed by atoms with Crippen LogP contribution in [-0.4, -0.2) is 16.2 Å². The first-order chi connectivity index (χ1) is 6.07. The molecule has 1 rings (SSSR count). The van der Waals surface area contributed by atoms with Gasteiger partial charge in [0.1, 0.15) is 11.3 Å². The normalized spacial score (nSPS) is 10.0. The van der Waals surface area contributed by atoms with Gasteiger partial charge in [-0.1, -0.05) is 6.07 Å². The van der Waals surface area contributed by atoms with E-state index in [-0.39, 0.29) is 11.3 Å².